The van der Waals surface area contributed by atoms with Gasteiger partial charge in [-0.25, -0.2) is 0 Å². The molecule has 7 aromatic carbocycles. The molecule has 0 N–H and O–H groups in total. The van der Waals surface area contributed by atoms with Gasteiger partial charge in [0.1, 0.15) is 23.0 Å². The zero-order valence-corrected chi connectivity index (χ0v) is 25.2. The van der Waals surface area contributed by atoms with Gasteiger partial charge in [-0.15, -0.1) is 0 Å². The van der Waals surface area contributed by atoms with E-state index in [0.717, 1.165) is 72.1 Å². The van der Waals surface area contributed by atoms with Crippen LogP contribution in [0.3, 0.4) is 0 Å². The first-order valence-corrected chi connectivity index (χ1v) is 15.3. The fraction of sp³-hybridized carbons (Fsp3) is 0.0952. The number of benzene rings is 7. The second kappa shape index (κ2) is 9.61. The number of para-hydroxylation sites is 1. The molecule has 2 heterocycles. The molecule has 2 aliphatic heterocycles. The highest BCUT2D eigenvalue weighted by Crippen LogP contribution is 2.46. The van der Waals surface area contributed by atoms with E-state index in [-0.39, 0.29) is 41.9 Å². The summed E-state index contributed by atoms with van der Waals surface area (Å²) in [6, 6.07) is 33.1. The van der Waals surface area contributed by atoms with Crippen molar-refractivity contribution in [2.24, 2.45) is 0 Å². The number of rotatable bonds is 2. The maximum Gasteiger partial charge on any atom is 0.260 e. The summed E-state index contributed by atoms with van der Waals surface area (Å²) < 4.78 is 56.3. The van der Waals surface area contributed by atoms with Gasteiger partial charge in [-0.05, 0) is 90.0 Å². The maximum atomic E-state index is 8.88. The Morgan fingerprint density at radius 1 is 0.533 bits per heavy atom. The van der Waals surface area contributed by atoms with Crippen molar-refractivity contribution in [3.8, 4) is 45.3 Å². The number of ether oxygens (including phenoxy) is 2. The monoisotopic (exact) mass is 583 g/mol. The van der Waals surface area contributed by atoms with Gasteiger partial charge in [0.15, 0.2) is 0 Å². The molecule has 45 heavy (non-hydrogen) atoms. The molecule has 0 aromatic heterocycles. The van der Waals surface area contributed by atoms with E-state index >= 15 is 0 Å². The number of hydrogen-bond acceptors (Lipinski definition) is 2. The van der Waals surface area contributed by atoms with Crippen molar-refractivity contribution in [1.29, 1.82) is 0 Å². The Morgan fingerprint density at radius 2 is 1.07 bits per heavy atom. The molecule has 0 amide bonds. The fourth-order valence-electron chi connectivity index (χ4n) is 7.14. The topological polar surface area (TPSA) is 18.5 Å². The van der Waals surface area contributed by atoms with Crippen molar-refractivity contribution >= 4 is 44.6 Å². The molecule has 7 aromatic rings. The van der Waals surface area contributed by atoms with Crippen molar-refractivity contribution in [3.05, 3.63) is 139 Å². The molecule has 0 radical (unpaired) electrons. The van der Waals surface area contributed by atoms with Gasteiger partial charge in [0.05, 0.1) is 6.85 Å². The summed E-state index contributed by atoms with van der Waals surface area (Å²) in [4.78, 5) is 0. The summed E-state index contributed by atoms with van der Waals surface area (Å²) >= 11 is 0. The Bertz CT molecular complexity index is 2510. The Hall–Kier alpha value is -5.28. The molecule has 0 saturated carbocycles. The van der Waals surface area contributed by atoms with E-state index in [1.54, 1.807) is 0 Å². The highest BCUT2D eigenvalue weighted by molar-refractivity contribution is 6.98. The van der Waals surface area contributed by atoms with Gasteiger partial charge in [0.25, 0.3) is 6.71 Å². The molecule has 0 saturated heterocycles. The van der Waals surface area contributed by atoms with Crippen LogP contribution in [0.5, 0.6) is 23.0 Å². The van der Waals surface area contributed by atoms with Crippen molar-refractivity contribution in [2.45, 2.75) is 26.2 Å². The molecule has 0 bridgehead atoms. The highest BCUT2D eigenvalue weighted by Gasteiger charge is 2.41. The quantitative estimate of drug-likeness (QED) is 0.149. The molecule has 0 aliphatic carbocycles. The summed E-state index contributed by atoms with van der Waals surface area (Å²) in [6.07, 6.45) is 0. The first-order chi connectivity index (χ1) is 24.0. The number of hydrogen-bond donors (Lipinski definition) is 0. The predicted molar refractivity (Wildman–Crippen MR) is 189 cm³/mol. The third-order valence-electron chi connectivity index (χ3n) is 9.22. The van der Waals surface area contributed by atoms with Crippen LogP contribution in [0.4, 0.5) is 0 Å². The highest BCUT2D eigenvalue weighted by atomic mass is 16.5. The largest absolute Gasteiger partial charge is 0.458 e. The Labute approximate surface area is 271 Å². The zero-order valence-electron chi connectivity index (χ0n) is 30.2. The smallest absolute Gasteiger partial charge is 0.260 e. The molecule has 2 aliphatic rings. The van der Waals surface area contributed by atoms with Crippen molar-refractivity contribution in [2.75, 3.05) is 0 Å². The molecule has 0 spiro atoms. The van der Waals surface area contributed by atoms with Gasteiger partial charge in [-0.2, -0.15) is 0 Å². The minimum absolute atomic E-state index is 0.0316. The van der Waals surface area contributed by atoms with E-state index in [9.17, 15) is 0 Å². The van der Waals surface area contributed by atoms with E-state index in [1.807, 2.05) is 60.7 Å². The van der Waals surface area contributed by atoms with Crippen LogP contribution in [0.15, 0.2) is 133 Å². The standard InChI is InChI=1S/C42H31BO2/c1-42(2,3)28-21-22-36-34(25-28)43-33-19-11-12-20-35(33)44-37-23-27(24-38(45-36)41(37)43)40-31-17-9-7-15-29(31)39(26-13-5-4-6-14-26)30-16-8-10-18-32(30)40/h4-25H,1-3H3/i4D,5D,6D,13D,14D. The average molecular weight is 584 g/mol. The minimum atomic E-state index is -0.409. The molecular formula is C42H31BO2. The molecule has 9 rings (SSSR count). The lowest BCUT2D eigenvalue weighted by Crippen LogP contribution is -2.57. The van der Waals surface area contributed by atoms with Crippen molar-refractivity contribution in [1.82, 2.24) is 0 Å². The third-order valence-corrected chi connectivity index (χ3v) is 9.22. The Kier molecular flexibility index (Phi) is 4.58. The summed E-state index contributed by atoms with van der Waals surface area (Å²) in [5, 5.41) is 3.35. The van der Waals surface area contributed by atoms with E-state index in [0.29, 0.717) is 5.56 Å². The molecule has 214 valence electrons. The molecule has 0 atom stereocenters. The van der Waals surface area contributed by atoms with Gasteiger partial charge in [0, 0.05) is 5.46 Å². The first kappa shape index (κ1) is 21.4. The Morgan fingerprint density at radius 3 is 1.67 bits per heavy atom. The Balaban J connectivity index is 1.34. The van der Waals surface area contributed by atoms with Gasteiger partial charge in [-0.3, -0.25) is 0 Å². The van der Waals surface area contributed by atoms with E-state index < -0.39 is 6.04 Å². The van der Waals surface area contributed by atoms with E-state index in [4.69, 9.17) is 16.3 Å². The van der Waals surface area contributed by atoms with Crippen LogP contribution in [0.25, 0.3) is 43.8 Å². The maximum absolute atomic E-state index is 8.88. The number of fused-ring (bicyclic) bond motifs is 6. The first-order valence-electron chi connectivity index (χ1n) is 17.8. The summed E-state index contributed by atoms with van der Waals surface area (Å²) in [5.74, 6) is 3.10. The molecule has 2 nitrogen and oxygen atoms in total. The van der Waals surface area contributed by atoms with Crippen LogP contribution in [-0.2, 0) is 5.41 Å². The molecular weight excluding hydrogens is 547 g/mol. The average Bonchev–Trinajstić information content (AvgIpc) is 3.12. The SMILES string of the molecule is [2H]c1c([2H])c([2H])c(-c2c3ccccc3c(-c3cc4c5c(c3)Oc3ccc(C(C)(C)C)cc3B5c3ccccc3O4)c3ccccc23)c([2H])c1[2H]. The molecule has 0 fully saturated rings. The third kappa shape index (κ3) is 3.97. The van der Waals surface area contributed by atoms with Crippen LogP contribution in [0, 0.1) is 0 Å². The second-order valence-corrected chi connectivity index (χ2v) is 12.9. The summed E-state index contributed by atoms with van der Waals surface area (Å²) in [5.41, 5.74) is 7.06. The van der Waals surface area contributed by atoms with Crippen LogP contribution >= 0.6 is 0 Å². The van der Waals surface area contributed by atoms with Gasteiger partial charge in [0.2, 0.25) is 0 Å². The summed E-state index contributed by atoms with van der Waals surface area (Å²) in [7, 11) is 0. The van der Waals surface area contributed by atoms with Gasteiger partial charge >= 0.3 is 0 Å². The lowest BCUT2D eigenvalue weighted by Gasteiger charge is -2.34. The van der Waals surface area contributed by atoms with Crippen LogP contribution in [0.1, 0.15) is 33.2 Å². The van der Waals surface area contributed by atoms with Crippen molar-refractivity contribution < 1.29 is 16.3 Å². The predicted octanol–water partition coefficient (Wildman–Crippen LogP) is 9.35. The zero-order chi connectivity index (χ0) is 34.6. The summed E-state index contributed by atoms with van der Waals surface area (Å²) in [6.45, 7) is 6.60. The minimum Gasteiger partial charge on any atom is -0.458 e. The van der Waals surface area contributed by atoms with E-state index in [1.165, 1.54) is 5.56 Å². The molecule has 0 unspecified atom stereocenters. The van der Waals surface area contributed by atoms with Gasteiger partial charge < -0.3 is 9.47 Å². The lowest BCUT2D eigenvalue weighted by molar-refractivity contribution is 0.464. The molecule has 3 heteroatoms. The normalized spacial score (nSPS) is 14.6. The fourth-order valence-corrected chi connectivity index (χ4v) is 7.14. The van der Waals surface area contributed by atoms with Crippen LogP contribution in [-0.4, -0.2) is 6.71 Å². The van der Waals surface area contributed by atoms with Crippen molar-refractivity contribution in [3.63, 3.8) is 0 Å². The van der Waals surface area contributed by atoms with E-state index in [2.05, 4.69) is 63.2 Å². The lowest BCUT2D eigenvalue weighted by atomic mass is 9.34. The van der Waals surface area contributed by atoms with Gasteiger partial charge in [-0.1, -0.05) is 130 Å². The van der Waals surface area contributed by atoms with Crippen LogP contribution < -0.4 is 25.9 Å². The second-order valence-electron chi connectivity index (χ2n) is 12.9. The van der Waals surface area contributed by atoms with Crippen LogP contribution in [0.2, 0.25) is 0 Å².